The van der Waals surface area contributed by atoms with E-state index in [1.165, 1.54) is 13.8 Å². The molecule has 0 fully saturated rings. The molecule has 4 heteroatoms. The molecule has 0 spiro atoms. The molecule has 0 aliphatic rings. The van der Waals surface area contributed by atoms with Crippen molar-refractivity contribution in [1.29, 1.82) is 0 Å². The van der Waals surface area contributed by atoms with Crippen molar-refractivity contribution >= 4 is 5.91 Å². The largest absolute Gasteiger partial charge is 0.381 e. The van der Waals surface area contributed by atoms with Gasteiger partial charge in [-0.3, -0.25) is 4.79 Å². The van der Waals surface area contributed by atoms with Gasteiger partial charge in [-0.25, -0.2) is 0 Å². The van der Waals surface area contributed by atoms with Crippen LogP contribution in [0, 0.1) is 0 Å². The molecule has 0 saturated carbocycles. The predicted octanol–water partition coefficient (Wildman–Crippen LogP) is 1.08. The SMILES string of the molecule is CCCCOCCCNC(=O)C(C)(C)O. The minimum absolute atomic E-state index is 0.337. The third-order valence-corrected chi connectivity index (χ3v) is 1.95. The number of hydrogen-bond donors (Lipinski definition) is 2. The van der Waals surface area contributed by atoms with Gasteiger partial charge in [0, 0.05) is 19.8 Å². The highest BCUT2D eigenvalue weighted by Crippen LogP contribution is 1.99. The lowest BCUT2D eigenvalue weighted by molar-refractivity contribution is -0.136. The fourth-order valence-corrected chi connectivity index (χ4v) is 0.941. The molecule has 0 aromatic carbocycles. The van der Waals surface area contributed by atoms with Crippen molar-refractivity contribution < 1.29 is 14.6 Å². The Labute approximate surface area is 92.0 Å². The summed E-state index contributed by atoms with van der Waals surface area (Å²) in [6, 6.07) is 0. The van der Waals surface area contributed by atoms with Crippen LogP contribution in [0.5, 0.6) is 0 Å². The maximum atomic E-state index is 11.2. The topological polar surface area (TPSA) is 58.6 Å². The molecule has 0 atom stereocenters. The summed E-state index contributed by atoms with van der Waals surface area (Å²) in [4.78, 5) is 11.2. The van der Waals surface area contributed by atoms with E-state index in [1.54, 1.807) is 0 Å². The van der Waals surface area contributed by atoms with Gasteiger partial charge in [0.1, 0.15) is 5.60 Å². The summed E-state index contributed by atoms with van der Waals surface area (Å²) in [6.07, 6.45) is 3.00. The van der Waals surface area contributed by atoms with E-state index >= 15 is 0 Å². The molecule has 90 valence electrons. The first-order valence-corrected chi connectivity index (χ1v) is 5.57. The number of carbonyl (C=O) groups excluding carboxylic acids is 1. The molecule has 0 unspecified atom stereocenters. The molecule has 0 rings (SSSR count). The van der Waals surface area contributed by atoms with Gasteiger partial charge in [0.05, 0.1) is 0 Å². The van der Waals surface area contributed by atoms with E-state index in [2.05, 4.69) is 12.2 Å². The second-order valence-corrected chi connectivity index (χ2v) is 4.13. The standard InChI is InChI=1S/C11H23NO3/c1-4-5-8-15-9-6-7-12-10(13)11(2,3)14/h14H,4-9H2,1-3H3,(H,12,13). The van der Waals surface area contributed by atoms with E-state index in [9.17, 15) is 9.90 Å². The third kappa shape index (κ3) is 8.39. The molecule has 0 heterocycles. The Balaban J connectivity index is 3.28. The molecule has 0 aromatic rings. The summed E-state index contributed by atoms with van der Waals surface area (Å²) in [5.74, 6) is -0.337. The molecule has 0 aromatic heterocycles. The van der Waals surface area contributed by atoms with Crippen LogP contribution < -0.4 is 5.32 Å². The Kier molecular flexibility index (Phi) is 7.34. The lowest BCUT2D eigenvalue weighted by Gasteiger charge is -2.16. The molecule has 15 heavy (non-hydrogen) atoms. The molecule has 0 bridgehead atoms. The number of unbranched alkanes of at least 4 members (excludes halogenated alkanes) is 1. The highest BCUT2D eigenvalue weighted by molar-refractivity contribution is 5.83. The maximum Gasteiger partial charge on any atom is 0.251 e. The number of carbonyl (C=O) groups is 1. The van der Waals surface area contributed by atoms with E-state index in [0.29, 0.717) is 13.2 Å². The fourth-order valence-electron chi connectivity index (χ4n) is 0.941. The summed E-state index contributed by atoms with van der Waals surface area (Å²) in [7, 11) is 0. The van der Waals surface area contributed by atoms with Crippen molar-refractivity contribution in [3.8, 4) is 0 Å². The Morgan fingerprint density at radius 2 is 1.93 bits per heavy atom. The van der Waals surface area contributed by atoms with E-state index in [-0.39, 0.29) is 5.91 Å². The first kappa shape index (κ1) is 14.4. The lowest BCUT2D eigenvalue weighted by Crippen LogP contribution is -2.42. The Morgan fingerprint density at radius 1 is 1.33 bits per heavy atom. The highest BCUT2D eigenvalue weighted by Gasteiger charge is 2.22. The van der Waals surface area contributed by atoms with Crippen molar-refractivity contribution in [1.82, 2.24) is 5.32 Å². The maximum absolute atomic E-state index is 11.2. The summed E-state index contributed by atoms with van der Waals surface area (Å²) in [5, 5.41) is 12.0. The Hall–Kier alpha value is -0.610. The van der Waals surface area contributed by atoms with Crippen molar-refractivity contribution in [2.45, 2.75) is 45.6 Å². The number of ether oxygens (including phenoxy) is 1. The molecule has 4 nitrogen and oxygen atoms in total. The summed E-state index contributed by atoms with van der Waals surface area (Å²) in [5.41, 5.74) is -1.29. The van der Waals surface area contributed by atoms with Crippen molar-refractivity contribution in [2.24, 2.45) is 0 Å². The van der Waals surface area contributed by atoms with Crippen molar-refractivity contribution in [3.05, 3.63) is 0 Å². The normalized spacial score (nSPS) is 11.5. The average molecular weight is 217 g/mol. The van der Waals surface area contributed by atoms with Crippen LogP contribution in [0.3, 0.4) is 0 Å². The molecule has 0 saturated heterocycles. The zero-order valence-corrected chi connectivity index (χ0v) is 10.0. The minimum atomic E-state index is -1.29. The quantitative estimate of drug-likeness (QED) is 0.598. The van der Waals surface area contributed by atoms with Gasteiger partial charge < -0.3 is 15.2 Å². The van der Waals surface area contributed by atoms with E-state index in [4.69, 9.17) is 4.74 Å². The van der Waals surface area contributed by atoms with Gasteiger partial charge in [-0.05, 0) is 26.7 Å². The summed E-state index contributed by atoms with van der Waals surface area (Å²) >= 11 is 0. The van der Waals surface area contributed by atoms with Crippen LogP contribution in [-0.2, 0) is 9.53 Å². The Bertz CT molecular complexity index is 175. The number of amides is 1. The second-order valence-electron chi connectivity index (χ2n) is 4.13. The lowest BCUT2D eigenvalue weighted by atomic mass is 10.1. The Morgan fingerprint density at radius 3 is 2.47 bits per heavy atom. The molecule has 0 aliphatic heterocycles. The van der Waals surface area contributed by atoms with Gasteiger partial charge in [-0.1, -0.05) is 13.3 Å². The highest BCUT2D eigenvalue weighted by atomic mass is 16.5. The zero-order chi connectivity index (χ0) is 11.7. The first-order chi connectivity index (χ1) is 6.98. The zero-order valence-electron chi connectivity index (χ0n) is 10.0. The average Bonchev–Trinajstić information content (AvgIpc) is 2.14. The van der Waals surface area contributed by atoms with Crippen LogP contribution in [0.4, 0.5) is 0 Å². The van der Waals surface area contributed by atoms with Crippen molar-refractivity contribution in [2.75, 3.05) is 19.8 Å². The fraction of sp³-hybridized carbons (Fsp3) is 0.909. The van der Waals surface area contributed by atoms with Gasteiger partial charge >= 0.3 is 0 Å². The molecule has 0 aliphatic carbocycles. The minimum Gasteiger partial charge on any atom is -0.381 e. The molecule has 1 amide bonds. The third-order valence-electron chi connectivity index (χ3n) is 1.95. The van der Waals surface area contributed by atoms with Crippen LogP contribution in [0.25, 0.3) is 0 Å². The monoisotopic (exact) mass is 217 g/mol. The molecular formula is C11H23NO3. The van der Waals surface area contributed by atoms with Crippen LogP contribution in [0.1, 0.15) is 40.0 Å². The predicted molar refractivity (Wildman–Crippen MR) is 59.7 cm³/mol. The van der Waals surface area contributed by atoms with Crippen LogP contribution in [0.15, 0.2) is 0 Å². The van der Waals surface area contributed by atoms with Gasteiger partial charge in [-0.2, -0.15) is 0 Å². The first-order valence-electron chi connectivity index (χ1n) is 5.57. The molecule has 2 N–H and O–H groups in total. The van der Waals surface area contributed by atoms with Gasteiger partial charge in [0.15, 0.2) is 0 Å². The summed E-state index contributed by atoms with van der Waals surface area (Å²) in [6.45, 7) is 7.06. The number of aliphatic hydroxyl groups is 1. The van der Waals surface area contributed by atoms with Gasteiger partial charge in [-0.15, -0.1) is 0 Å². The smallest absolute Gasteiger partial charge is 0.251 e. The van der Waals surface area contributed by atoms with Crippen molar-refractivity contribution in [3.63, 3.8) is 0 Å². The number of rotatable bonds is 8. The van der Waals surface area contributed by atoms with Gasteiger partial charge in [0.2, 0.25) is 0 Å². The molecule has 0 radical (unpaired) electrons. The number of nitrogens with one attached hydrogen (secondary N) is 1. The number of hydrogen-bond acceptors (Lipinski definition) is 3. The van der Waals surface area contributed by atoms with Crippen LogP contribution in [-0.4, -0.2) is 36.4 Å². The van der Waals surface area contributed by atoms with Crippen LogP contribution in [0.2, 0.25) is 0 Å². The van der Waals surface area contributed by atoms with Crippen LogP contribution >= 0.6 is 0 Å². The van der Waals surface area contributed by atoms with E-state index in [0.717, 1.165) is 25.9 Å². The van der Waals surface area contributed by atoms with E-state index < -0.39 is 5.60 Å². The second kappa shape index (κ2) is 7.65. The van der Waals surface area contributed by atoms with Gasteiger partial charge in [0.25, 0.3) is 5.91 Å². The summed E-state index contributed by atoms with van der Waals surface area (Å²) < 4.78 is 5.33. The molecular weight excluding hydrogens is 194 g/mol. The van der Waals surface area contributed by atoms with E-state index in [1.807, 2.05) is 0 Å².